The second-order valence-corrected chi connectivity index (χ2v) is 32.9. The lowest BCUT2D eigenvalue weighted by Gasteiger charge is -2.34. The number of carbonyl (C=O) groups is 6. The van der Waals surface area contributed by atoms with Crippen LogP contribution in [0.4, 0.5) is 17.1 Å². The zero-order chi connectivity index (χ0) is 80.1. The van der Waals surface area contributed by atoms with Crippen molar-refractivity contribution in [1.82, 2.24) is 49.0 Å². The number of hydrogen-bond acceptors (Lipinski definition) is 17. The average molecular weight is 1610 g/mol. The first-order valence-corrected chi connectivity index (χ1v) is 40.3. The zero-order valence-corrected chi connectivity index (χ0v) is 67.6. The first kappa shape index (κ1) is 90.2. The molecule has 626 valence electrons. The molecule has 17 rings (SSSR count). The van der Waals surface area contributed by atoms with Gasteiger partial charge in [-0.25, -0.2) is 0 Å². The molecule has 27 heteroatoms. The van der Waals surface area contributed by atoms with E-state index in [1.54, 1.807) is 18.2 Å². The number of nitro groups is 2. The van der Waals surface area contributed by atoms with Crippen molar-refractivity contribution in [2.75, 3.05) is 172 Å². The van der Waals surface area contributed by atoms with Crippen LogP contribution in [0.15, 0.2) is 121 Å². The van der Waals surface area contributed by atoms with Crippen LogP contribution in [0.1, 0.15) is 87.2 Å². The lowest BCUT2D eigenvalue weighted by atomic mass is 10.0. The molecule has 4 unspecified atom stereocenters. The van der Waals surface area contributed by atoms with Crippen LogP contribution in [0.3, 0.4) is 0 Å². The van der Waals surface area contributed by atoms with Crippen molar-refractivity contribution in [2.45, 2.75) is 98.3 Å². The van der Waals surface area contributed by atoms with Crippen LogP contribution in [0.5, 0.6) is 0 Å². The quantitative estimate of drug-likeness (QED) is 0.0332. The maximum absolute atomic E-state index is 12.7. The van der Waals surface area contributed by atoms with E-state index in [-0.39, 0.29) is 102 Å². The first-order chi connectivity index (χ1) is 54.3. The summed E-state index contributed by atoms with van der Waals surface area (Å²) in [5, 5.41) is 38.1. The van der Waals surface area contributed by atoms with Crippen LogP contribution < -0.4 is 11.5 Å². The number of carboxylic acids is 1. The van der Waals surface area contributed by atoms with Gasteiger partial charge in [0, 0.05) is 196 Å². The third kappa shape index (κ3) is 23.1. The number of halogens is 1. The van der Waals surface area contributed by atoms with E-state index in [0.717, 1.165) is 203 Å². The van der Waals surface area contributed by atoms with Gasteiger partial charge in [0.15, 0.2) is 0 Å². The normalized spacial score (nSPS) is 20.9. The molecule has 0 aromatic heterocycles. The van der Waals surface area contributed by atoms with Crippen LogP contribution in [0, 0.1) is 61.1 Å². The Kier molecular flexibility index (Phi) is 32.2. The van der Waals surface area contributed by atoms with E-state index >= 15 is 0 Å². The van der Waals surface area contributed by atoms with Crippen LogP contribution in [-0.4, -0.2) is 271 Å². The summed E-state index contributed by atoms with van der Waals surface area (Å²) in [6, 6.07) is 38.8. The van der Waals surface area contributed by atoms with Crippen LogP contribution >= 0.6 is 12.4 Å². The van der Waals surface area contributed by atoms with Crippen molar-refractivity contribution in [3.05, 3.63) is 214 Å². The van der Waals surface area contributed by atoms with E-state index in [4.69, 9.17) is 22.0 Å². The molecule has 5 heterocycles. The van der Waals surface area contributed by atoms with E-state index < -0.39 is 5.97 Å². The second kappa shape index (κ2) is 41.4. The summed E-state index contributed by atoms with van der Waals surface area (Å²) in [5.41, 5.74) is 27.4. The van der Waals surface area contributed by atoms with E-state index in [1.807, 2.05) is 68.1 Å². The summed E-state index contributed by atoms with van der Waals surface area (Å²) < 4.78 is 0. The molecule has 6 aromatic rings. The van der Waals surface area contributed by atoms with Crippen molar-refractivity contribution in [2.24, 2.45) is 41.2 Å². The van der Waals surface area contributed by atoms with Gasteiger partial charge in [0.1, 0.15) is 0 Å². The Hall–Kier alpha value is -9.70. The second-order valence-electron chi connectivity index (χ2n) is 32.9. The number of piperazine rings is 5. The molecular weight excluding hydrogens is 1490 g/mol. The summed E-state index contributed by atoms with van der Waals surface area (Å²) in [5.74, 6) is 0.860. The third-order valence-electron chi connectivity index (χ3n) is 24.7. The number of aliphatic carboxylic acids is 1. The molecule has 0 saturated carbocycles. The Balaban J connectivity index is 0.000000159. The number of amides is 5. The number of nitrogens with zero attached hydrogens (tertiary/aromatic N) is 12. The molecule has 5 amide bonds. The van der Waals surface area contributed by atoms with Gasteiger partial charge in [-0.15, -0.1) is 12.4 Å². The maximum Gasteiger partial charge on any atom is 0.307 e. The first-order valence-electron chi connectivity index (χ1n) is 40.3. The number of non-ortho nitro benzene ring substituents is 1. The molecule has 6 N–H and O–H groups in total. The van der Waals surface area contributed by atoms with Gasteiger partial charge in [0.05, 0.1) is 21.6 Å². The number of carboxylic acid groups (broad SMARTS) is 1. The Labute approximate surface area is 690 Å². The van der Waals surface area contributed by atoms with Gasteiger partial charge in [-0.2, -0.15) is 0 Å². The number of nitro benzene ring substituents is 2. The van der Waals surface area contributed by atoms with Crippen molar-refractivity contribution in [3.63, 3.8) is 0 Å². The lowest BCUT2D eigenvalue weighted by molar-refractivity contribution is -0.385. The van der Waals surface area contributed by atoms with Crippen LogP contribution in [0.25, 0.3) is 0 Å². The topological polar surface area (TPSA) is 317 Å². The highest BCUT2D eigenvalue weighted by Crippen LogP contribution is 2.37. The predicted octanol–water partition coefficient (Wildman–Crippen LogP) is 7.93. The van der Waals surface area contributed by atoms with Crippen molar-refractivity contribution in [3.8, 4) is 0 Å². The predicted molar refractivity (Wildman–Crippen MR) is 456 cm³/mol. The fourth-order valence-corrected chi connectivity index (χ4v) is 17.8. The Bertz CT molecular complexity index is 4400. The number of carbonyl (C=O) groups excluding carboxylic acids is 5. The minimum absolute atomic E-state index is 0. The Morgan fingerprint density at radius 1 is 0.371 bits per heavy atom. The number of nitrogens with two attached hydrogens (primary N) is 2. The molecule has 5 aliphatic heterocycles. The van der Waals surface area contributed by atoms with E-state index in [1.165, 1.54) is 56.6 Å². The summed E-state index contributed by atoms with van der Waals surface area (Å²) in [6.07, 6.45) is 9.62. The molecule has 0 spiro atoms. The van der Waals surface area contributed by atoms with Gasteiger partial charge < -0.3 is 65.6 Å². The molecule has 5 fully saturated rings. The Morgan fingerprint density at radius 2 is 0.655 bits per heavy atom. The molecule has 0 bridgehead atoms. The SMILES string of the molecule is C.C.CN1CCN(C(=O)C2Cc3ccc(CC(=N)N)cc3C2)CC1.CN1CCN(C(=O)C2Cc3ccc(N)cc3C2)CC1.CN1CCN(C(=O)C2Cc3ccc([N+](=O)[O-])cc3C2)CC1.CN1CCN(C(=O)C2Cc3cccc([N+](=O)[O-])c3C2)CC1.CN1CCN(C(=O)C2Cc3ccccc3C2)CC1.Cl.O=C(O)C1Cc2ccccc2C1. The number of likely N-dealkylation sites (N-methyl/N-ethyl adjacent to an activating group) is 5. The maximum atomic E-state index is 12.7. The average Bonchev–Trinajstić information content (AvgIpc) is 1.69. The van der Waals surface area contributed by atoms with Gasteiger partial charge in [0.2, 0.25) is 29.5 Å². The van der Waals surface area contributed by atoms with Crippen molar-refractivity contribution >= 4 is 70.8 Å². The minimum atomic E-state index is -0.675. The number of nitrogens with one attached hydrogen (secondary N) is 1. The van der Waals surface area contributed by atoms with E-state index in [9.17, 15) is 49.0 Å². The van der Waals surface area contributed by atoms with E-state index in [0.29, 0.717) is 62.7 Å². The molecule has 4 atom stereocenters. The fraction of sp³-hybridized carbons (Fsp3) is 0.517. The number of amidine groups is 1. The minimum Gasteiger partial charge on any atom is -0.481 e. The molecule has 116 heavy (non-hydrogen) atoms. The van der Waals surface area contributed by atoms with Crippen molar-refractivity contribution < 1.29 is 43.7 Å². The van der Waals surface area contributed by atoms with Crippen molar-refractivity contribution in [1.29, 1.82) is 5.41 Å². The highest BCUT2D eigenvalue weighted by atomic mass is 35.5. The molecule has 6 aliphatic carbocycles. The largest absolute Gasteiger partial charge is 0.481 e. The number of nitrogen functional groups attached to an aromatic ring is 1. The van der Waals surface area contributed by atoms with E-state index in [2.05, 4.69) is 107 Å². The molecule has 6 aromatic carbocycles. The molecule has 0 radical (unpaired) electrons. The Morgan fingerprint density at radius 3 is 0.991 bits per heavy atom. The fourth-order valence-electron chi connectivity index (χ4n) is 17.8. The van der Waals surface area contributed by atoms with Gasteiger partial charge in [0.25, 0.3) is 11.4 Å². The molecular formula is C89H122ClN15O11. The van der Waals surface area contributed by atoms with Gasteiger partial charge >= 0.3 is 5.97 Å². The van der Waals surface area contributed by atoms with Gasteiger partial charge in [-0.05, 0) is 191 Å². The summed E-state index contributed by atoms with van der Waals surface area (Å²) >= 11 is 0. The monoisotopic (exact) mass is 1610 g/mol. The number of fused-ring (bicyclic) bond motifs is 6. The lowest BCUT2D eigenvalue weighted by Crippen LogP contribution is -2.49. The third-order valence-corrected chi connectivity index (χ3v) is 24.7. The number of benzene rings is 6. The summed E-state index contributed by atoms with van der Waals surface area (Å²) in [7, 11) is 10.4. The number of hydrogen-bond donors (Lipinski definition) is 4. The van der Waals surface area contributed by atoms with Gasteiger partial charge in [-0.1, -0.05) is 106 Å². The molecule has 5 saturated heterocycles. The summed E-state index contributed by atoms with van der Waals surface area (Å²) in [6.45, 7) is 17.8. The number of anilines is 1. The molecule has 11 aliphatic rings. The smallest absolute Gasteiger partial charge is 0.307 e. The standard InChI is InChI=1S/C17H24N4O.2C15H19N3O3.C15H21N3O.C15H20N2O.C10H10O2.2CH4.ClH/c1-20-4-6-21(7-5-20)17(22)15-10-13-3-2-12(9-16(18)19)8-14(13)11-15;1-16-4-6-17(7-5-16)15(19)13-8-11-2-3-14(18(20)21)10-12(11)9-13;1-16-5-7-17(8-6-16)15(19)12-9-11-3-2-4-14(18(20)21)13(11)10-12;1-17-4-6-18(7-5-17)15(19)13-8-11-2-3-14(16)10-12(11)9-13;1-16-6-8-17(9-7-16)15(18)14-10-12-4-2-3-5-13(12)11-14;11-10(12)9-5-7-3-1-2-4-8(7)6-9;;;/h2-3,8,15H,4-7,9-11H2,1H3,(H3,18,19);2-3,10,13H,4-9H2,1H3;2-4,12H,5-10H2,1H3;2-3,10,13H,4-9,16H2,1H3;2-5,14H,6-11H2,1H3;1-4,9H,5-6H2,(H,11,12);2*1H4;1H. The van der Waals surface area contributed by atoms with Crippen LogP contribution in [-0.2, 0) is 112 Å². The molecule has 26 nitrogen and oxygen atoms in total. The summed E-state index contributed by atoms with van der Waals surface area (Å²) in [4.78, 5) is 116. The van der Waals surface area contributed by atoms with Gasteiger partial charge in [-0.3, -0.25) is 54.4 Å². The zero-order valence-electron chi connectivity index (χ0n) is 66.8. The van der Waals surface area contributed by atoms with Crippen LogP contribution in [0.2, 0.25) is 0 Å². The number of rotatable bonds is 10. The highest BCUT2D eigenvalue weighted by molar-refractivity contribution is 5.86. The highest BCUT2D eigenvalue weighted by Gasteiger charge is 2.39.